The van der Waals surface area contributed by atoms with Gasteiger partial charge in [0.25, 0.3) is 0 Å². The van der Waals surface area contributed by atoms with Crippen LogP contribution in [0.2, 0.25) is 0 Å². The number of ether oxygens (including phenoxy) is 1. The first kappa shape index (κ1) is 18.1. The quantitative estimate of drug-likeness (QED) is 0.766. The van der Waals surface area contributed by atoms with E-state index < -0.39 is 48.3 Å². The number of aromatic carboxylic acids is 1. The summed E-state index contributed by atoms with van der Waals surface area (Å²) in [6, 6.07) is 3.74. The van der Waals surface area contributed by atoms with Crippen molar-refractivity contribution in [3.05, 3.63) is 29.8 Å². The van der Waals surface area contributed by atoms with Crippen LogP contribution in [0.25, 0.3) is 0 Å². The van der Waals surface area contributed by atoms with E-state index in [1.165, 1.54) is 0 Å². The number of carbonyl (C=O) groups is 1. The van der Waals surface area contributed by atoms with E-state index in [2.05, 4.69) is 4.74 Å². The summed E-state index contributed by atoms with van der Waals surface area (Å²) in [7, 11) is 0. The van der Waals surface area contributed by atoms with Gasteiger partial charge in [0, 0.05) is 5.56 Å². The fourth-order valence-electron chi connectivity index (χ4n) is 1.34. The molecule has 0 saturated heterocycles. The van der Waals surface area contributed by atoms with Crippen LogP contribution in [0.4, 0.5) is 26.3 Å². The zero-order valence-corrected chi connectivity index (χ0v) is 10.7. The molecule has 0 amide bonds. The third kappa shape index (κ3) is 3.43. The maximum Gasteiger partial charge on any atom is 0.377 e. The summed E-state index contributed by atoms with van der Waals surface area (Å²) in [5.41, 5.74) is -0.478. The van der Waals surface area contributed by atoms with Gasteiger partial charge in [0.05, 0.1) is 5.97 Å². The maximum absolute atomic E-state index is 13.2. The molecule has 0 spiro atoms. The van der Waals surface area contributed by atoms with Crippen LogP contribution in [0.3, 0.4) is 0 Å². The zero-order chi connectivity index (χ0) is 17.2. The van der Waals surface area contributed by atoms with Crippen molar-refractivity contribution in [1.82, 2.24) is 0 Å². The second-order valence-electron chi connectivity index (χ2n) is 4.25. The molecule has 0 aliphatic carbocycles. The van der Waals surface area contributed by atoms with Gasteiger partial charge in [-0.1, -0.05) is 12.1 Å². The van der Waals surface area contributed by atoms with E-state index in [9.17, 15) is 36.2 Å². The summed E-state index contributed by atoms with van der Waals surface area (Å²) in [6.07, 6.45) is 0. The highest BCUT2D eigenvalue weighted by Gasteiger charge is 2.71. The second-order valence-corrected chi connectivity index (χ2v) is 4.25. The minimum absolute atomic E-state index is 0.478. The van der Waals surface area contributed by atoms with Crippen LogP contribution in [0.1, 0.15) is 10.4 Å². The van der Waals surface area contributed by atoms with E-state index >= 15 is 0 Å². The minimum atomic E-state index is -5.86. The van der Waals surface area contributed by atoms with Gasteiger partial charge in [0.1, 0.15) is 12.4 Å². The van der Waals surface area contributed by atoms with Crippen molar-refractivity contribution in [3.63, 3.8) is 0 Å². The van der Waals surface area contributed by atoms with Gasteiger partial charge in [-0.25, -0.2) is 0 Å². The van der Waals surface area contributed by atoms with Crippen LogP contribution in [-0.2, 0) is 0 Å². The number of aliphatic hydroxyl groups is 1. The second kappa shape index (κ2) is 6.03. The first-order valence-corrected chi connectivity index (χ1v) is 5.63. The van der Waals surface area contributed by atoms with Crippen molar-refractivity contribution in [1.29, 1.82) is 0 Å². The van der Waals surface area contributed by atoms with Crippen LogP contribution in [0.5, 0.6) is 5.75 Å². The molecule has 0 radical (unpaired) electrons. The van der Waals surface area contributed by atoms with Gasteiger partial charge in [-0.3, -0.25) is 0 Å². The van der Waals surface area contributed by atoms with Gasteiger partial charge >= 0.3 is 17.8 Å². The lowest BCUT2D eigenvalue weighted by molar-refractivity contribution is -0.321. The van der Waals surface area contributed by atoms with Crippen molar-refractivity contribution in [2.75, 3.05) is 13.2 Å². The molecule has 0 heterocycles. The van der Waals surface area contributed by atoms with Gasteiger partial charge in [-0.15, -0.1) is 0 Å². The van der Waals surface area contributed by atoms with Gasteiger partial charge in [-0.2, -0.15) is 26.3 Å². The minimum Gasteiger partial charge on any atom is -0.545 e. The Morgan fingerprint density at radius 3 is 2.23 bits per heavy atom. The molecule has 0 aliphatic heterocycles. The fourth-order valence-corrected chi connectivity index (χ4v) is 1.34. The average Bonchev–Trinajstić information content (AvgIpc) is 2.45. The number of carboxylic acids is 1. The molecule has 0 saturated carbocycles. The highest BCUT2D eigenvalue weighted by atomic mass is 19.3. The first-order valence-electron chi connectivity index (χ1n) is 5.63. The fraction of sp³-hybridized carbons (Fsp3) is 0.417. The number of benzene rings is 1. The Labute approximate surface area is 119 Å². The average molecular weight is 331 g/mol. The third-order valence-corrected chi connectivity index (χ3v) is 2.61. The molecule has 0 unspecified atom stereocenters. The number of aliphatic hydroxyl groups excluding tert-OH is 1. The molecule has 1 aromatic rings. The Kier molecular flexibility index (Phi) is 4.96. The lowest BCUT2D eigenvalue weighted by Gasteiger charge is -2.31. The zero-order valence-electron chi connectivity index (χ0n) is 10.7. The Bertz CT molecular complexity index is 546. The normalized spacial score (nSPS) is 13.0. The predicted molar refractivity (Wildman–Crippen MR) is 58.2 cm³/mol. The number of carbonyl (C=O) groups excluding carboxylic acids is 1. The molecule has 0 atom stereocenters. The topological polar surface area (TPSA) is 69.6 Å². The molecule has 0 aromatic heterocycles. The van der Waals surface area contributed by atoms with Crippen LogP contribution in [0, 0.1) is 0 Å². The molecule has 22 heavy (non-hydrogen) atoms. The lowest BCUT2D eigenvalue weighted by atomic mass is 10.1. The molecule has 0 fully saturated rings. The van der Waals surface area contributed by atoms with Crippen LogP contribution in [0.15, 0.2) is 24.3 Å². The number of rotatable bonds is 7. The van der Waals surface area contributed by atoms with Crippen LogP contribution >= 0.6 is 0 Å². The van der Waals surface area contributed by atoms with Crippen molar-refractivity contribution < 1.29 is 46.1 Å². The Hall–Kier alpha value is -1.97. The smallest absolute Gasteiger partial charge is 0.377 e. The molecular weight excluding hydrogens is 322 g/mol. The van der Waals surface area contributed by atoms with Crippen molar-refractivity contribution in [2.45, 2.75) is 17.8 Å². The number of alkyl halides is 6. The Morgan fingerprint density at radius 1 is 1.14 bits per heavy atom. The van der Waals surface area contributed by atoms with Gasteiger partial charge in [0.2, 0.25) is 0 Å². The molecule has 10 heteroatoms. The third-order valence-electron chi connectivity index (χ3n) is 2.61. The van der Waals surface area contributed by atoms with E-state index in [-0.39, 0.29) is 0 Å². The molecule has 0 bridgehead atoms. The summed E-state index contributed by atoms with van der Waals surface area (Å²) in [5, 5.41) is 18.6. The van der Waals surface area contributed by atoms with Crippen molar-refractivity contribution in [3.8, 4) is 5.75 Å². The molecule has 4 nitrogen and oxygen atoms in total. The SMILES string of the molecule is O=C([O-])c1cccc(OCC(F)(F)C(F)(F)C(F)(F)CO)c1. The highest BCUT2D eigenvalue weighted by molar-refractivity contribution is 5.86. The summed E-state index contributed by atoms with van der Waals surface area (Å²) in [5.74, 6) is -18.7. The van der Waals surface area contributed by atoms with Crippen molar-refractivity contribution >= 4 is 5.97 Å². The van der Waals surface area contributed by atoms with E-state index in [1.54, 1.807) is 0 Å². The van der Waals surface area contributed by atoms with E-state index in [4.69, 9.17) is 5.11 Å². The largest absolute Gasteiger partial charge is 0.545 e. The van der Waals surface area contributed by atoms with Gasteiger partial charge < -0.3 is 19.7 Å². The predicted octanol–water partition coefficient (Wildman–Crippen LogP) is 1.33. The standard InChI is InChI=1S/C12H10F6O4/c13-10(14,5-19)12(17,18)11(15,16)6-22-8-3-1-2-7(4-8)9(20)21/h1-4,19H,5-6H2,(H,20,21)/p-1. The summed E-state index contributed by atoms with van der Waals surface area (Å²) in [6.45, 7) is -4.62. The molecular formula is C12H9F6O4-. The Balaban J connectivity index is 2.90. The van der Waals surface area contributed by atoms with Crippen molar-refractivity contribution in [2.24, 2.45) is 0 Å². The Morgan fingerprint density at radius 2 is 1.73 bits per heavy atom. The van der Waals surface area contributed by atoms with Gasteiger partial charge in [-0.05, 0) is 12.1 Å². The molecule has 1 N–H and O–H groups in total. The highest BCUT2D eigenvalue weighted by Crippen LogP contribution is 2.45. The summed E-state index contributed by atoms with van der Waals surface area (Å²) < 4.78 is 82.2. The summed E-state index contributed by atoms with van der Waals surface area (Å²) >= 11 is 0. The molecule has 0 aliphatic rings. The van der Waals surface area contributed by atoms with Crippen LogP contribution < -0.4 is 9.84 Å². The summed E-state index contributed by atoms with van der Waals surface area (Å²) in [4.78, 5) is 10.5. The molecule has 1 rings (SSSR count). The number of hydrogen-bond donors (Lipinski definition) is 1. The monoisotopic (exact) mass is 331 g/mol. The molecule has 124 valence electrons. The van der Waals surface area contributed by atoms with E-state index in [0.717, 1.165) is 18.2 Å². The first-order chi connectivity index (χ1) is 9.94. The van der Waals surface area contributed by atoms with Gasteiger partial charge in [0.15, 0.2) is 6.61 Å². The van der Waals surface area contributed by atoms with E-state index in [1.807, 2.05) is 0 Å². The van der Waals surface area contributed by atoms with Crippen LogP contribution in [-0.4, -0.2) is 42.1 Å². The number of halogens is 6. The maximum atomic E-state index is 13.2. The van der Waals surface area contributed by atoms with E-state index in [0.29, 0.717) is 6.07 Å². The lowest BCUT2D eigenvalue weighted by Crippen LogP contribution is -2.58. The molecule has 1 aromatic carbocycles. The number of hydrogen-bond acceptors (Lipinski definition) is 4. The number of carboxylic acid groups (broad SMARTS) is 1.